The van der Waals surface area contributed by atoms with Crippen molar-refractivity contribution in [3.05, 3.63) is 83.2 Å². The first-order chi connectivity index (χ1) is 14.6. The van der Waals surface area contributed by atoms with Crippen LogP contribution in [0.5, 0.6) is 5.75 Å². The maximum atomic E-state index is 13.1. The second kappa shape index (κ2) is 8.37. The monoisotopic (exact) mass is 400 g/mol. The molecule has 0 fully saturated rings. The minimum atomic E-state index is -0.143. The third kappa shape index (κ3) is 3.89. The van der Waals surface area contributed by atoms with Crippen molar-refractivity contribution in [1.29, 1.82) is 0 Å². The second-order valence-electron chi connectivity index (χ2n) is 7.10. The lowest BCUT2D eigenvalue weighted by molar-refractivity contribution is 0.0952. The van der Waals surface area contributed by atoms with Crippen LogP contribution < -0.4 is 10.1 Å². The molecule has 2 aromatic carbocycles. The molecule has 2 heterocycles. The molecule has 0 spiro atoms. The van der Waals surface area contributed by atoms with Crippen LogP contribution in [0.1, 0.15) is 34.2 Å². The number of nitrogens with zero attached hydrogens (tertiary/aromatic N) is 3. The van der Waals surface area contributed by atoms with Gasteiger partial charge in [-0.05, 0) is 56.7 Å². The minimum absolute atomic E-state index is 0.143. The van der Waals surface area contributed by atoms with Gasteiger partial charge in [0.05, 0.1) is 28.9 Å². The van der Waals surface area contributed by atoms with E-state index in [0.717, 1.165) is 33.8 Å². The number of nitrogens with one attached hydrogen (secondary N) is 1. The van der Waals surface area contributed by atoms with Gasteiger partial charge in [0, 0.05) is 12.2 Å². The van der Waals surface area contributed by atoms with Crippen molar-refractivity contribution in [2.24, 2.45) is 0 Å². The van der Waals surface area contributed by atoms with Gasteiger partial charge in [-0.15, -0.1) is 0 Å². The topological polar surface area (TPSA) is 69.0 Å². The molecule has 4 rings (SSSR count). The number of carbonyl (C=O) groups is 1. The molecule has 0 saturated carbocycles. The van der Waals surface area contributed by atoms with E-state index in [1.807, 2.05) is 81.4 Å². The van der Waals surface area contributed by atoms with Gasteiger partial charge in [-0.3, -0.25) is 4.79 Å². The number of para-hydroxylation sites is 1. The summed E-state index contributed by atoms with van der Waals surface area (Å²) in [6, 6.07) is 19.4. The van der Waals surface area contributed by atoms with Gasteiger partial charge in [-0.25, -0.2) is 9.67 Å². The van der Waals surface area contributed by atoms with Crippen LogP contribution in [0, 0.1) is 13.8 Å². The molecule has 1 N–H and O–H groups in total. The number of benzene rings is 2. The molecular weight excluding hydrogens is 376 g/mol. The molecule has 0 aliphatic carbocycles. The quantitative estimate of drug-likeness (QED) is 0.522. The number of ether oxygens (including phenoxy) is 1. The number of fused-ring (bicyclic) bond motifs is 1. The predicted molar refractivity (Wildman–Crippen MR) is 117 cm³/mol. The van der Waals surface area contributed by atoms with E-state index >= 15 is 0 Å². The van der Waals surface area contributed by atoms with Gasteiger partial charge in [0.15, 0.2) is 5.65 Å². The van der Waals surface area contributed by atoms with Gasteiger partial charge in [0.1, 0.15) is 5.75 Å². The summed E-state index contributed by atoms with van der Waals surface area (Å²) < 4.78 is 7.26. The van der Waals surface area contributed by atoms with E-state index in [-0.39, 0.29) is 5.91 Å². The standard InChI is InChI=1S/C24H24N4O2/c1-4-30-20-12-10-18(11-13-20)15-25-24(29)21-14-16(2)26-23-22(21)17(3)27-28(23)19-8-6-5-7-9-19/h5-14H,4,15H2,1-3H3,(H,25,29). The molecule has 0 atom stereocenters. The molecule has 0 aliphatic rings. The van der Waals surface area contributed by atoms with Crippen LogP contribution in [0.15, 0.2) is 60.7 Å². The summed E-state index contributed by atoms with van der Waals surface area (Å²) in [5.74, 6) is 0.679. The Bertz CT molecular complexity index is 1180. The molecule has 0 bridgehead atoms. The number of carbonyl (C=O) groups excluding carboxylic acids is 1. The number of hydrogen-bond acceptors (Lipinski definition) is 4. The molecule has 0 unspecified atom stereocenters. The van der Waals surface area contributed by atoms with Crippen LogP contribution in [0.4, 0.5) is 0 Å². The van der Waals surface area contributed by atoms with Crippen molar-refractivity contribution in [3.63, 3.8) is 0 Å². The number of aryl methyl sites for hydroxylation is 2. The van der Waals surface area contributed by atoms with Gasteiger partial charge in [0.2, 0.25) is 0 Å². The lowest BCUT2D eigenvalue weighted by Crippen LogP contribution is -2.23. The highest BCUT2D eigenvalue weighted by molar-refractivity contribution is 6.06. The Labute approximate surface area is 175 Å². The molecule has 4 aromatic rings. The first-order valence-corrected chi connectivity index (χ1v) is 9.99. The van der Waals surface area contributed by atoms with Crippen LogP contribution in [0.3, 0.4) is 0 Å². The summed E-state index contributed by atoms with van der Waals surface area (Å²) in [4.78, 5) is 17.7. The number of amides is 1. The Kier molecular flexibility index (Phi) is 5.48. The summed E-state index contributed by atoms with van der Waals surface area (Å²) >= 11 is 0. The number of hydrogen-bond donors (Lipinski definition) is 1. The van der Waals surface area contributed by atoms with Gasteiger partial charge in [0.25, 0.3) is 5.91 Å². The fraction of sp³-hybridized carbons (Fsp3) is 0.208. The van der Waals surface area contributed by atoms with Gasteiger partial charge < -0.3 is 10.1 Å². The van der Waals surface area contributed by atoms with Crippen molar-refractivity contribution in [3.8, 4) is 11.4 Å². The zero-order chi connectivity index (χ0) is 21.1. The maximum absolute atomic E-state index is 13.1. The number of rotatable bonds is 6. The Morgan fingerprint density at radius 1 is 1.07 bits per heavy atom. The normalized spacial score (nSPS) is 10.9. The molecule has 0 saturated heterocycles. The van der Waals surface area contributed by atoms with Crippen LogP contribution in [-0.2, 0) is 6.54 Å². The van der Waals surface area contributed by atoms with E-state index < -0.39 is 0 Å². The van der Waals surface area contributed by atoms with Crippen LogP contribution in [0.25, 0.3) is 16.7 Å². The molecule has 1 amide bonds. The minimum Gasteiger partial charge on any atom is -0.494 e. The summed E-state index contributed by atoms with van der Waals surface area (Å²) in [5, 5.41) is 8.44. The lowest BCUT2D eigenvalue weighted by atomic mass is 10.1. The number of aromatic nitrogens is 3. The molecule has 6 heteroatoms. The third-order valence-electron chi connectivity index (χ3n) is 4.87. The summed E-state index contributed by atoms with van der Waals surface area (Å²) in [7, 11) is 0. The number of pyridine rings is 1. The van der Waals surface area contributed by atoms with Gasteiger partial charge >= 0.3 is 0 Å². The SMILES string of the molecule is CCOc1ccc(CNC(=O)c2cc(C)nc3c2c(C)nn3-c2ccccc2)cc1. The maximum Gasteiger partial charge on any atom is 0.252 e. The summed E-state index contributed by atoms with van der Waals surface area (Å²) in [6.07, 6.45) is 0. The van der Waals surface area contributed by atoms with E-state index in [2.05, 4.69) is 15.4 Å². The second-order valence-corrected chi connectivity index (χ2v) is 7.10. The molecule has 0 aliphatic heterocycles. The van der Waals surface area contributed by atoms with Crippen LogP contribution in [0.2, 0.25) is 0 Å². The first-order valence-electron chi connectivity index (χ1n) is 9.99. The molecule has 2 aromatic heterocycles. The van der Waals surface area contributed by atoms with Crippen molar-refractivity contribution >= 4 is 16.9 Å². The third-order valence-corrected chi connectivity index (χ3v) is 4.87. The summed E-state index contributed by atoms with van der Waals surface area (Å²) in [5.41, 5.74) is 4.73. The van der Waals surface area contributed by atoms with E-state index in [1.54, 1.807) is 4.68 Å². The molecular formula is C24H24N4O2. The zero-order valence-corrected chi connectivity index (χ0v) is 17.3. The van der Waals surface area contributed by atoms with Crippen LogP contribution in [-0.4, -0.2) is 27.3 Å². The Balaban J connectivity index is 1.63. The summed E-state index contributed by atoms with van der Waals surface area (Å²) in [6.45, 7) is 6.80. The van der Waals surface area contributed by atoms with Crippen molar-refractivity contribution in [2.45, 2.75) is 27.3 Å². The van der Waals surface area contributed by atoms with E-state index in [9.17, 15) is 4.79 Å². The highest BCUT2D eigenvalue weighted by Crippen LogP contribution is 2.25. The molecule has 152 valence electrons. The molecule has 30 heavy (non-hydrogen) atoms. The molecule has 6 nitrogen and oxygen atoms in total. The van der Waals surface area contributed by atoms with Crippen molar-refractivity contribution in [1.82, 2.24) is 20.1 Å². The largest absolute Gasteiger partial charge is 0.494 e. The fourth-order valence-electron chi connectivity index (χ4n) is 3.49. The molecule has 0 radical (unpaired) electrons. The van der Waals surface area contributed by atoms with E-state index in [4.69, 9.17) is 4.74 Å². The smallest absolute Gasteiger partial charge is 0.252 e. The highest BCUT2D eigenvalue weighted by Gasteiger charge is 2.19. The van der Waals surface area contributed by atoms with E-state index in [1.165, 1.54) is 0 Å². The van der Waals surface area contributed by atoms with Gasteiger partial charge in [-0.2, -0.15) is 5.10 Å². The average molecular weight is 400 g/mol. The Morgan fingerprint density at radius 2 is 1.80 bits per heavy atom. The first kappa shape index (κ1) is 19.6. The Morgan fingerprint density at radius 3 is 2.50 bits per heavy atom. The predicted octanol–water partition coefficient (Wildman–Crippen LogP) is 4.37. The van der Waals surface area contributed by atoms with E-state index in [0.29, 0.717) is 24.4 Å². The van der Waals surface area contributed by atoms with Crippen molar-refractivity contribution in [2.75, 3.05) is 6.61 Å². The Hall–Kier alpha value is -3.67. The highest BCUT2D eigenvalue weighted by atomic mass is 16.5. The zero-order valence-electron chi connectivity index (χ0n) is 17.3. The van der Waals surface area contributed by atoms with Gasteiger partial charge in [-0.1, -0.05) is 30.3 Å². The van der Waals surface area contributed by atoms with Crippen molar-refractivity contribution < 1.29 is 9.53 Å². The fourth-order valence-corrected chi connectivity index (χ4v) is 3.49. The average Bonchev–Trinajstić information content (AvgIpc) is 3.09. The lowest BCUT2D eigenvalue weighted by Gasteiger charge is -2.09. The van der Waals surface area contributed by atoms with Crippen LogP contribution >= 0.6 is 0 Å².